The summed E-state index contributed by atoms with van der Waals surface area (Å²) in [6.45, 7) is 4.24. The monoisotopic (exact) mass is 318 g/mol. The van der Waals surface area contributed by atoms with Gasteiger partial charge in [-0.25, -0.2) is 0 Å². The van der Waals surface area contributed by atoms with Crippen molar-refractivity contribution in [3.8, 4) is 0 Å². The van der Waals surface area contributed by atoms with Gasteiger partial charge < -0.3 is 0 Å². The van der Waals surface area contributed by atoms with Gasteiger partial charge in [-0.3, -0.25) is 11.3 Å². The minimum atomic E-state index is 0.134. The maximum absolute atomic E-state index is 5.74. The molecule has 3 heteroatoms. The van der Waals surface area contributed by atoms with Crippen molar-refractivity contribution in [2.24, 2.45) is 5.84 Å². The minimum absolute atomic E-state index is 0.134. The van der Waals surface area contributed by atoms with Crippen molar-refractivity contribution in [3.05, 3.63) is 69.2 Å². The van der Waals surface area contributed by atoms with Gasteiger partial charge in [0.1, 0.15) is 0 Å². The predicted octanol–water partition coefficient (Wildman–Crippen LogP) is 3.81. The molecule has 0 aliphatic carbocycles. The van der Waals surface area contributed by atoms with Crippen molar-refractivity contribution in [2.45, 2.75) is 26.3 Å². The molecule has 3 N–H and O–H groups in total. The zero-order chi connectivity index (χ0) is 13.8. The summed E-state index contributed by atoms with van der Waals surface area (Å²) in [6, 6.07) is 15.0. The molecule has 2 rings (SSSR count). The second kappa shape index (κ2) is 6.33. The van der Waals surface area contributed by atoms with Gasteiger partial charge in [0.05, 0.1) is 6.04 Å². The molecule has 0 aliphatic rings. The second-order valence-corrected chi connectivity index (χ2v) is 5.83. The Morgan fingerprint density at radius 1 is 1.16 bits per heavy atom. The fraction of sp³-hybridized carbons (Fsp3) is 0.250. The van der Waals surface area contributed by atoms with E-state index in [1.54, 1.807) is 0 Å². The summed E-state index contributed by atoms with van der Waals surface area (Å²) in [4.78, 5) is 0. The summed E-state index contributed by atoms with van der Waals surface area (Å²) in [6.07, 6.45) is 0.875. The zero-order valence-electron chi connectivity index (χ0n) is 11.3. The molecule has 0 saturated carbocycles. The quantitative estimate of drug-likeness (QED) is 0.664. The Balaban J connectivity index is 2.25. The minimum Gasteiger partial charge on any atom is -0.271 e. The first kappa shape index (κ1) is 14.3. The molecule has 2 aromatic rings. The molecule has 0 heterocycles. The highest BCUT2D eigenvalue weighted by molar-refractivity contribution is 9.10. The Hall–Kier alpha value is -1.16. The molecule has 1 atom stereocenters. The number of aryl methyl sites for hydroxylation is 2. The van der Waals surface area contributed by atoms with Crippen molar-refractivity contribution in [1.82, 2.24) is 5.43 Å². The maximum atomic E-state index is 5.74. The Morgan fingerprint density at radius 2 is 1.95 bits per heavy atom. The number of hydrogen-bond donors (Lipinski definition) is 2. The topological polar surface area (TPSA) is 38.0 Å². The van der Waals surface area contributed by atoms with Gasteiger partial charge in [-0.05, 0) is 49.1 Å². The van der Waals surface area contributed by atoms with E-state index in [9.17, 15) is 0 Å². The standard InChI is InChI=1S/C16H19BrN2/c1-11-6-7-15(12(2)8-11)16(19-18)10-13-4-3-5-14(17)9-13/h3-9,16,19H,10,18H2,1-2H3. The lowest BCUT2D eigenvalue weighted by molar-refractivity contribution is 0.549. The van der Waals surface area contributed by atoms with Crippen LogP contribution in [0.5, 0.6) is 0 Å². The van der Waals surface area contributed by atoms with Crippen LogP contribution in [0.4, 0.5) is 0 Å². The smallest absolute Gasteiger partial charge is 0.0502 e. The average Bonchev–Trinajstić information content (AvgIpc) is 2.37. The van der Waals surface area contributed by atoms with Crippen LogP contribution in [0.25, 0.3) is 0 Å². The van der Waals surface area contributed by atoms with E-state index in [0.717, 1.165) is 10.9 Å². The van der Waals surface area contributed by atoms with Crippen molar-refractivity contribution < 1.29 is 0 Å². The normalized spacial score (nSPS) is 12.4. The highest BCUT2D eigenvalue weighted by Crippen LogP contribution is 2.23. The highest BCUT2D eigenvalue weighted by Gasteiger charge is 2.13. The van der Waals surface area contributed by atoms with Gasteiger partial charge in [0, 0.05) is 4.47 Å². The molecule has 0 aromatic heterocycles. The van der Waals surface area contributed by atoms with E-state index in [4.69, 9.17) is 5.84 Å². The lowest BCUT2D eigenvalue weighted by atomic mass is 9.95. The first-order valence-electron chi connectivity index (χ1n) is 6.38. The molecule has 0 bridgehead atoms. The number of benzene rings is 2. The summed E-state index contributed by atoms with van der Waals surface area (Å²) in [5.41, 5.74) is 8.00. The number of rotatable bonds is 4. The van der Waals surface area contributed by atoms with E-state index in [0.29, 0.717) is 0 Å². The van der Waals surface area contributed by atoms with Crippen LogP contribution in [0.2, 0.25) is 0 Å². The zero-order valence-corrected chi connectivity index (χ0v) is 12.9. The number of halogens is 1. The van der Waals surface area contributed by atoms with Crippen LogP contribution in [0.15, 0.2) is 46.9 Å². The van der Waals surface area contributed by atoms with Crippen molar-refractivity contribution >= 4 is 15.9 Å². The largest absolute Gasteiger partial charge is 0.271 e. The van der Waals surface area contributed by atoms with Crippen LogP contribution >= 0.6 is 15.9 Å². The SMILES string of the molecule is Cc1ccc(C(Cc2cccc(Br)c2)NN)c(C)c1. The summed E-state index contributed by atoms with van der Waals surface area (Å²) in [5.74, 6) is 5.74. The van der Waals surface area contributed by atoms with Crippen LogP contribution in [0, 0.1) is 13.8 Å². The molecule has 0 saturated heterocycles. The molecular formula is C16H19BrN2. The van der Waals surface area contributed by atoms with Crippen LogP contribution < -0.4 is 11.3 Å². The van der Waals surface area contributed by atoms with Gasteiger partial charge in [-0.2, -0.15) is 0 Å². The van der Waals surface area contributed by atoms with E-state index < -0.39 is 0 Å². The maximum Gasteiger partial charge on any atom is 0.0502 e. The number of nitrogens with one attached hydrogen (secondary N) is 1. The van der Waals surface area contributed by atoms with Gasteiger partial charge in [-0.1, -0.05) is 51.8 Å². The fourth-order valence-corrected chi connectivity index (χ4v) is 2.82. The van der Waals surface area contributed by atoms with Crippen LogP contribution in [0.3, 0.4) is 0 Å². The third-order valence-corrected chi connectivity index (χ3v) is 3.82. The lowest BCUT2D eigenvalue weighted by Crippen LogP contribution is -2.30. The molecule has 2 aromatic carbocycles. The van der Waals surface area contributed by atoms with Crippen molar-refractivity contribution in [3.63, 3.8) is 0 Å². The van der Waals surface area contributed by atoms with Crippen LogP contribution in [-0.2, 0) is 6.42 Å². The molecule has 2 nitrogen and oxygen atoms in total. The van der Waals surface area contributed by atoms with E-state index >= 15 is 0 Å². The third kappa shape index (κ3) is 3.66. The van der Waals surface area contributed by atoms with Crippen molar-refractivity contribution in [1.29, 1.82) is 0 Å². The summed E-state index contributed by atoms with van der Waals surface area (Å²) >= 11 is 3.50. The average molecular weight is 319 g/mol. The van der Waals surface area contributed by atoms with E-state index in [2.05, 4.69) is 71.6 Å². The van der Waals surface area contributed by atoms with E-state index in [1.807, 2.05) is 6.07 Å². The third-order valence-electron chi connectivity index (χ3n) is 3.33. The Labute approximate surface area is 123 Å². The van der Waals surface area contributed by atoms with E-state index in [1.165, 1.54) is 22.3 Å². The molecule has 0 aliphatic heterocycles. The highest BCUT2D eigenvalue weighted by atomic mass is 79.9. The van der Waals surface area contributed by atoms with Crippen LogP contribution in [0.1, 0.15) is 28.3 Å². The van der Waals surface area contributed by atoms with E-state index in [-0.39, 0.29) is 6.04 Å². The molecule has 100 valence electrons. The summed E-state index contributed by atoms with van der Waals surface area (Å²) in [5, 5.41) is 0. The lowest BCUT2D eigenvalue weighted by Gasteiger charge is -2.19. The van der Waals surface area contributed by atoms with Gasteiger partial charge in [-0.15, -0.1) is 0 Å². The fourth-order valence-electron chi connectivity index (χ4n) is 2.37. The first-order valence-corrected chi connectivity index (χ1v) is 7.17. The molecule has 0 spiro atoms. The van der Waals surface area contributed by atoms with Gasteiger partial charge in [0.2, 0.25) is 0 Å². The molecule has 19 heavy (non-hydrogen) atoms. The molecule has 0 radical (unpaired) electrons. The molecule has 0 fully saturated rings. The summed E-state index contributed by atoms with van der Waals surface area (Å²) < 4.78 is 1.10. The Kier molecular flexibility index (Phi) is 4.75. The van der Waals surface area contributed by atoms with Crippen LogP contribution in [-0.4, -0.2) is 0 Å². The molecule has 1 unspecified atom stereocenters. The van der Waals surface area contributed by atoms with Crippen molar-refractivity contribution in [2.75, 3.05) is 0 Å². The van der Waals surface area contributed by atoms with Gasteiger partial charge >= 0.3 is 0 Å². The Bertz CT molecular complexity index is 566. The Morgan fingerprint density at radius 3 is 2.58 bits per heavy atom. The van der Waals surface area contributed by atoms with Gasteiger partial charge in [0.15, 0.2) is 0 Å². The first-order chi connectivity index (χ1) is 9.10. The summed E-state index contributed by atoms with van der Waals surface area (Å²) in [7, 11) is 0. The van der Waals surface area contributed by atoms with Gasteiger partial charge in [0.25, 0.3) is 0 Å². The second-order valence-electron chi connectivity index (χ2n) is 4.91. The molecular weight excluding hydrogens is 300 g/mol. The number of hydrogen-bond acceptors (Lipinski definition) is 2. The predicted molar refractivity (Wildman–Crippen MR) is 83.8 cm³/mol. The number of nitrogens with two attached hydrogens (primary N) is 1. The molecule has 0 amide bonds. The number of hydrazine groups is 1.